The molecule has 2 N–H and O–H groups in total. The highest BCUT2D eigenvalue weighted by Gasteiger charge is 2.11. The summed E-state index contributed by atoms with van der Waals surface area (Å²) in [5, 5.41) is 0.852. The Balaban J connectivity index is 2.23. The number of rotatable bonds is 5. The minimum Gasteiger partial charge on any atom is -0.464 e. The fourth-order valence-corrected chi connectivity index (χ4v) is 2.62. The molecule has 1 heterocycles. The monoisotopic (exact) mass is 296 g/mol. The standard InChI is InChI=1S/C13H16N2O4S/c1-14-20(17,18)6-5-9-3-4-11-10(7-9)8-12(15-11)13(16)19-2/h3-4,7-8,14-15H,5-6H2,1-2H3. The molecule has 0 saturated carbocycles. The molecule has 0 aliphatic carbocycles. The van der Waals surface area contributed by atoms with E-state index in [2.05, 4.69) is 14.4 Å². The van der Waals surface area contributed by atoms with Crippen LogP contribution in [-0.2, 0) is 21.2 Å². The van der Waals surface area contributed by atoms with Crippen LogP contribution < -0.4 is 4.72 Å². The molecule has 0 spiro atoms. The topological polar surface area (TPSA) is 88.3 Å². The molecule has 0 radical (unpaired) electrons. The number of hydrogen-bond acceptors (Lipinski definition) is 4. The van der Waals surface area contributed by atoms with E-state index in [0.29, 0.717) is 12.1 Å². The molecule has 0 saturated heterocycles. The van der Waals surface area contributed by atoms with E-state index in [4.69, 9.17) is 0 Å². The zero-order chi connectivity index (χ0) is 14.8. The van der Waals surface area contributed by atoms with Crippen molar-refractivity contribution in [1.82, 2.24) is 9.71 Å². The summed E-state index contributed by atoms with van der Waals surface area (Å²) in [7, 11) is -0.498. The van der Waals surface area contributed by atoms with Crippen molar-refractivity contribution in [2.75, 3.05) is 19.9 Å². The van der Waals surface area contributed by atoms with E-state index in [1.807, 2.05) is 18.2 Å². The van der Waals surface area contributed by atoms with Crippen molar-refractivity contribution in [3.05, 3.63) is 35.5 Å². The SMILES string of the molecule is CNS(=O)(=O)CCc1ccc2[nH]c(C(=O)OC)cc2c1. The van der Waals surface area contributed by atoms with Crippen LogP contribution in [0.5, 0.6) is 0 Å². The van der Waals surface area contributed by atoms with E-state index in [1.165, 1.54) is 14.2 Å². The molecule has 0 atom stereocenters. The van der Waals surface area contributed by atoms with Crippen molar-refractivity contribution in [1.29, 1.82) is 0 Å². The molecule has 2 rings (SSSR count). The highest BCUT2D eigenvalue weighted by atomic mass is 32.2. The van der Waals surface area contributed by atoms with Gasteiger partial charge >= 0.3 is 5.97 Å². The molecule has 0 unspecified atom stereocenters. The second kappa shape index (κ2) is 5.64. The second-order valence-corrected chi connectivity index (χ2v) is 6.42. The number of aromatic nitrogens is 1. The van der Waals surface area contributed by atoms with Crippen LogP contribution in [0.2, 0.25) is 0 Å². The lowest BCUT2D eigenvalue weighted by molar-refractivity contribution is 0.0595. The van der Waals surface area contributed by atoms with Gasteiger partial charge in [0.1, 0.15) is 5.69 Å². The average Bonchev–Trinajstić information content (AvgIpc) is 2.87. The molecular weight excluding hydrogens is 280 g/mol. The predicted octanol–water partition coefficient (Wildman–Crippen LogP) is 1.05. The molecule has 1 aromatic carbocycles. The van der Waals surface area contributed by atoms with E-state index >= 15 is 0 Å². The molecule has 0 fully saturated rings. The average molecular weight is 296 g/mol. The molecule has 0 aliphatic heterocycles. The van der Waals surface area contributed by atoms with Crippen molar-refractivity contribution >= 4 is 26.9 Å². The highest BCUT2D eigenvalue weighted by Crippen LogP contribution is 2.18. The summed E-state index contributed by atoms with van der Waals surface area (Å²) in [5.74, 6) is -0.399. The van der Waals surface area contributed by atoms with E-state index in [1.54, 1.807) is 6.07 Å². The summed E-state index contributed by atoms with van der Waals surface area (Å²) in [6.45, 7) is 0. The second-order valence-electron chi connectivity index (χ2n) is 4.37. The van der Waals surface area contributed by atoms with Gasteiger partial charge in [-0.15, -0.1) is 0 Å². The van der Waals surface area contributed by atoms with Crippen molar-refractivity contribution < 1.29 is 17.9 Å². The molecular formula is C13H16N2O4S. The number of esters is 1. The fourth-order valence-electron chi connectivity index (χ4n) is 1.91. The molecule has 20 heavy (non-hydrogen) atoms. The molecule has 0 amide bonds. The van der Waals surface area contributed by atoms with Gasteiger partial charge in [0.25, 0.3) is 0 Å². The first-order chi connectivity index (χ1) is 9.45. The number of ether oxygens (including phenoxy) is 1. The lowest BCUT2D eigenvalue weighted by Gasteiger charge is -2.02. The highest BCUT2D eigenvalue weighted by molar-refractivity contribution is 7.89. The predicted molar refractivity (Wildman–Crippen MR) is 76.2 cm³/mol. The Kier molecular flexibility index (Phi) is 4.10. The van der Waals surface area contributed by atoms with Crippen LogP contribution >= 0.6 is 0 Å². The van der Waals surface area contributed by atoms with Gasteiger partial charge in [-0.25, -0.2) is 17.9 Å². The van der Waals surface area contributed by atoms with E-state index in [-0.39, 0.29) is 5.75 Å². The summed E-state index contributed by atoms with van der Waals surface area (Å²) < 4.78 is 29.7. The third-order valence-corrected chi connectivity index (χ3v) is 4.42. The number of nitrogens with one attached hydrogen (secondary N) is 2. The summed E-state index contributed by atoms with van der Waals surface area (Å²) in [6, 6.07) is 7.22. The van der Waals surface area contributed by atoms with Crippen LogP contribution in [0.4, 0.5) is 0 Å². The molecule has 0 aliphatic rings. The minimum absolute atomic E-state index is 0.0310. The van der Waals surface area contributed by atoms with Crippen molar-refractivity contribution in [3.8, 4) is 0 Å². The van der Waals surface area contributed by atoms with Crippen molar-refractivity contribution in [3.63, 3.8) is 0 Å². The molecule has 6 nitrogen and oxygen atoms in total. The zero-order valence-corrected chi connectivity index (χ0v) is 12.1. The normalized spacial score (nSPS) is 11.7. The van der Waals surface area contributed by atoms with Crippen molar-refractivity contribution in [2.45, 2.75) is 6.42 Å². The Morgan fingerprint density at radius 3 is 2.75 bits per heavy atom. The number of carbonyl (C=O) groups is 1. The van der Waals surface area contributed by atoms with Gasteiger partial charge in [-0.05, 0) is 37.2 Å². The third-order valence-electron chi connectivity index (χ3n) is 3.06. The summed E-state index contributed by atoms with van der Waals surface area (Å²) in [4.78, 5) is 14.4. The molecule has 1 aromatic heterocycles. The maximum atomic E-state index is 11.4. The van der Waals surface area contributed by atoms with Gasteiger partial charge in [-0.2, -0.15) is 0 Å². The van der Waals surface area contributed by atoms with Crippen LogP contribution in [0.25, 0.3) is 10.9 Å². The maximum absolute atomic E-state index is 11.4. The van der Waals surface area contributed by atoms with E-state index < -0.39 is 16.0 Å². The number of aromatic amines is 1. The van der Waals surface area contributed by atoms with Crippen LogP contribution in [0.1, 0.15) is 16.1 Å². The van der Waals surface area contributed by atoms with E-state index in [9.17, 15) is 13.2 Å². The van der Waals surface area contributed by atoms with Crippen LogP contribution in [-0.4, -0.2) is 39.3 Å². The Hall–Kier alpha value is -1.86. The minimum atomic E-state index is -3.22. The number of H-pyrrole nitrogens is 1. The van der Waals surface area contributed by atoms with Crippen molar-refractivity contribution in [2.24, 2.45) is 0 Å². The largest absolute Gasteiger partial charge is 0.464 e. The third kappa shape index (κ3) is 3.17. The van der Waals surface area contributed by atoms with Gasteiger partial charge in [-0.3, -0.25) is 0 Å². The van der Waals surface area contributed by atoms with Gasteiger partial charge < -0.3 is 9.72 Å². The number of methoxy groups -OCH3 is 1. The first-order valence-electron chi connectivity index (χ1n) is 6.06. The molecule has 7 heteroatoms. The van der Waals surface area contributed by atoms with E-state index in [0.717, 1.165) is 16.5 Å². The van der Waals surface area contributed by atoms with Gasteiger partial charge in [0.15, 0.2) is 0 Å². The zero-order valence-electron chi connectivity index (χ0n) is 11.3. The Morgan fingerprint density at radius 1 is 1.35 bits per heavy atom. The maximum Gasteiger partial charge on any atom is 0.354 e. The Morgan fingerprint density at radius 2 is 2.10 bits per heavy atom. The number of carbonyl (C=O) groups excluding carboxylic acids is 1. The number of hydrogen-bond donors (Lipinski definition) is 2. The van der Waals surface area contributed by atoms with Crippen LogP contribution in [0, 0.1) is 0 Å². The number of fused-ring (bicyclic) bond motifs is 1. The molecule has 2 aromatic rings. The summed E-state index contributed by atoms with van der Waals surface area (Å²) >= 11 is 0. The van der Waals surface area contributed by atoms with Crippen LogP contribution in [0.3, 0.4) is 0 Å². The number of sulfonamides is 1. The smallest absolute Gasteiger partial charge is 0.354 e. The van der Waals surface area contributed by atoms with Crippen LogP contribution in [0.15, 0.2) is 24.3 Å². The first-order valence-corrected chi connectivity index (χ1v) is 7.71. The Bertz CT molecular complexity index is 734. The molecule has 0 bridgehead atoms. The van der Waals surface area contributed by atoms with Gasteiger partial charge in [0, 0.05) is 10.9 Å². The fraction of sp³-hybridized carbons (Fsp3) is 0.308. The number of benzene rings is 1. The lowest BCUT2D eigenvalue weighted by atomic mass is 10.1. The summed E-state index contributed by atoms with van der Waals surface area (Å²) in [5.41, 5.74) is 2.08. The molecule has 108 valence electrons. The van der Waals surface area contributed by atoms with Gasteiger partial charge in [-0.1, -0.05) is 6.07 Å². The van der Waals surface area contributed by atoms with Gasteiger partial charge in [0.05, 0.1) is 12.9 Å². The lowest BCUT2D eigenvalue weighted by Crippen LogP contribution is -2.23. The summed E-state index contributed by atoms with van der Waals surface area (Å²) in [6.07, 6.45) is 0.415. The van der Waals surface area contributed by atoms with Gasteiger partial charge in [0.2, 0.25) is 10.0 Å². The number of aryl methyl sites for hydroxylation is 1. The first kappa shape index (κ1) is 14.5. The quantitative estimate of drug-likeness (QED) is 0.807. The Labute approximate surface area is 117 Å².